The van der Waals surface area contributed by atoms with E-state index in [1.54, 1.807) is 0 Å². The molecular weight excluding hydrogens is 304 g/mol. The van der Waals surface area contributed by atoms with Gasteiger partial charge in [-0.05, 0) is 28.6 Å². The van der Waals surface area contributed by atoms with Crippen LogP contribution in [0.5, 0.6) is 0 Å². The summed E-state index contributed by atoms with van der Waals surface area (Å²) < 4.78 is 0. The van der Waals surface area contributed by atoms with E-state index in [4.69, 9.17) is 0 Å². The molecule has 1 aromatic carbocycles. The molecule has 0 saturated heterocycles. The van der Waals surface area contributed by atoms with E-state index in [1.807, 2.05) is 23.6 Å². The molecule has 1 aliphatic carbocycles. The number of carbonyl (C=O) groups is 1. The SMILES string of the molecule is C[Si](C)(C)/C1=C/C(=O)c2sccc2/C=C\C1c1ccccc1. The Kier molecular flexibility index (Phi) is 4.02. The minimum Gasteiger partial charge on any atom is -0.288 e. The number of allylic oxidation sites excluding steroid dienone is 3. The van der Waals surface area contributed by atoms with Crippen LogP contribution in [0.15, 0.2) is 59.1 Å². The van der Waals surface area contributed by atoms with E-state index >= 15 is 0 Å². The third-order valence-corrected chi connectivity index (χ3v) is 7.17. The van der Waals surface area contributed by atoms with Crippen molar-refractivity contribution in [3.05, 3.63) is 75.1 Å². The number of hydrogen-bond donors (Lipinski definition) is 0. The Morgan fingerprint density at radius 1 is 1.05 bits per heavy atom. The zero-order valence-electron chi connectivity index (χ0n) is 13.2. The van der Waals surface area contributed by atoms with Crippen LogP contribution >= 0.6 is 11.3 Å². The lowest BCUT2D eigenvalue weighted by Gasteiger charge is -2.28. The lowest BCUT2D eigenvalue weighted by atomic mass is 9.94. The molecule has 0 spiro atoms. The molecule has 0 amide bonds. The van der Waals surface area contributed by atoms with Gasteiger partial charge < -0.3 is 0 Å². The number of carbonyl (C=O) groups excluding carboxylic acids is 1. The van der Waals surface area contributed by atoms with Gasteiger partial charge in [0.15, 0.2) is 5.78 Å². The Labute approximate surface area is 137 Å². The molecule has 1 unspecified atom stereocenters. The van der Waals surface area contributed by atoms with Gasteiger partial charge in [-0.25, -0.2) is 0 Å². The molecule has 0 bridgehead atoms. The van der Waals surface area contributed by atoms with Crippen molar-refractivity contribution in [2.45, 2.75) is 25.6 Å². The van der Waals surface area contributed by atoms with E-state index in [0.29, 0.717) is 0 Å². The average Bonchev–Trinajstić information content (AvgIpc) is 2.92. The van der Waals surface area contributed by atoms with Gasteiger partial charge in [-0.1, -0.05) is 67.3 Å². The predicted molar refractivity (Wildman–Crippen MR) is 98.3 cm³/mol. The lowest BCUT2D eigenvalue weighted by Crippen LogP contribution is -2.29. The Morgan fingerprint density at radius 2 is 1.77 bits per heavy atom. The predicted octanol–water partition coefficient (Wildman–Crippen LogP) is 5.55. The first-order valence-corrected chi connectivity index (χ1v) is 11.9. The molecule has 112 valence electrons. The third-order valence-electron chi connectivity index (χ3n) is 4.03. The maximum Gasteiger partial charge on any atom is 0.195 e. The summed E-state index contributed by atoms with van der Waals surface area (Å²) in [5, 5.41) is 3.30. The van der Waals surface area contributed by atoms with Crippen LogP contribution in [0.2, 0.25) is 19.6 Å². The van der Waals surface area contributed by atoms with E-state index in [9.17, 15) is 4.79 Å². The number of rotatable bonds is 2. The van der Waals surface area contributed by atoms with Crippen LogP contribution in [0.4, 0.5) is 0 Å². The van der Waals surface area contributed by atoms with Crippen molar-refractivity contribution in [3.63, 3.8) is 0 Å². The molecule has 3 heteroatoms. The normalized spacial score (nSPS) is 22.2. The second-order valence-electron chi connectivity index (χ2n) is 6.67. The zero-order chi connectivity index (χ0) is 15.7. The van der Waals surface area contributed by atoms with Gasteiger partial charge in [-0.2, -0.15) is 0 Å². The summed E-state index contributed by atoms with van der Waals surface area (Å²) in [7, 11) is -1.61. The van der Waals surface area contributed by atoms with E-state index in [1.165, 1.54) is 22.1 Å². The quantitative estimate of drug-likeness (QED) is 0.662. The summed E-state index contributed by atoms with van der Waals surface area (Å²) >= 11 is 1.54. The van der Waals surface area contributed by atoms with Gasteiger partial charge in [-0.3, -0.25) is 4.79 Å². The van der Waals surface area contributed by atoms with Crippen molar-refractivity contribution in [1.82, 2.24) is 0 Å². The number of fused-ring (bicyclic) bond motifs is 1. The van der Waals surface area contributed by atoms with Crippen LogP contribution in [0.25, 0.3) is 6.08 Å². The largest absolute Gasteiger partial charge is 0.288 e. The van der Waals surface area contributed by atoms with Gasteiger partial charge in [0.2, 0.25) is 0 Å². The fourth-order valence-electron chi connectivity index (χ4n) is 2.88. The van der Waals surface area contributed by atoms with Crippen LogP contribution in [-0.4, -0.2) is 13.9 Å². The minimum absolute atomic E-state index is 0.160. The fraction of sp³-hybridized carbons (Fsp3) is 0.211. The molecule has 1 heterocycles. The molecular formula is C19H20OSSi. The fourth-order valence-corrected chi connectivity index (χ4v) is 5.44. The zero-order valence-corrected chi connectivity index (χ0v) is 15.0. The Hall–Kier alpha value is -1.71. The van der Waals surface area contributed by atoms with E-state index in [0.717, 1.165) is 10.4 Å². The number of ketones is 1. The number of thiophene rings is 1. The van der Waals surface area contributed by atoms with Crippen molar-refractivity contribution in [2.75, 3.05) is 0 Å². The van der Waals surface area contributed by atoms with Crippen LogP contribution in [0.3, 0.4) is 0 Å². The number of benzene rings is 1. The molecule has 0 aliphatic heterocycles. The summed E-state index contributed by atoms with van der Waals surface area (Å²) in [6, 6.07) is 12.5. The van der Waals surface area contributed by atoms with Gasteiger partial charge in [0.25, 0.3) is 0 Å². The molecule has 1 nitrogen and oxygen atoms in total. The van der Waals surface area contributed by atoms with Crippen LogP contribution in [0, 0.1) is 0 Å². The van der Waals surface area contributed by atoms with Crippen LogP contribution < -0.4 is 0 Å². The maximum absolute atomic E-state index is 12.7. The lowest BCUT2D eigenvalue weighted by molar-refractivity contribution is 0.104. The van der Waals surface area contributed by atoms with Crippen molar-refractivity contribution in [2.24, 2.45) is 0 Å². The molecule has 0 saturated carbocycles. The topological polar surface area (TPSA) is 17.1 Å². The van der Waals surface area contributed by atoms with E-state index < -0.39 is 8.07 Å². The molecule has 1 atom stereocenters. The molecule has 1 aromatic heterocycles. The maximum atomic E-state index is 12.7. The second kappa shape index (κ2) is 5.82. The van der Waals surface area contributed by atoms with Crippen molar-refractivity contribution >= 4 is 31.3 Å². The third kappa shape index (κ3) is 2.92. The summed E-state index contributed by atoms with van der Waals surface area (Å²) in [4.78, 5) is 13.5. The second-order valence-corrected chi connectivity index (χ2v) is 12.7. The minimum atomic E-state index is -1.61. The number of hydrogen-bond acceptors (Lipinski definition) is 2. The summed E-state index contributed by atoms with van der Waals surface area (Å²) in [5.74, 6) is 0.359. The van der Waals surface area contributed by atoms with E-state index in [-0.39, 0.29) is 11.7 Å². The summed E-state index contributed by atoms with van der Waals surface area (Å²) in [5.41, 5.74) is 2.31. The smallest absolute Gasteiger partial charge is 0.195 e. The van der Waals surface area contributed by atoms with Crippen molar-refractivity contribution in [1.29, 1.82) is 0 Å². The van der Waals surface area contributed by atoms with Crippen LogP contribution in [0.1, 0.15) is 26.7 Å². The highest BCUT2D eigenvalue weighted by Crippen LogP contribution is 2.36. The van der Waals surface area contributed by atoms with Gasteiger partial charge in [0.1, 0.15) is 0 Å². The Bertz CT molecular complexity index is 747. The highest BCUT2D eigenvalue weighted by atomic mass is 32.1. The molecule has 1 aliphatic rings. The highest BCUT2D eigenvalue weighted by molar-refractivity contribution is 7.12. The standard InChI is InChI=1S/C19H20OSSi/c1-22(2,3)18-13-17(20)19-15(11-12-21-19)9-10-16(18)14-7-5-4-6-8-14/h4-13,16H,1-3H3/b10-9-,18-13+. The molecule has 0 radical (unpaired) electrons. The highest BCUT2D eigenvalue weighted by Gasteiger charge is 2.29. The average molecular weight is 325 g/mol. The van der Waals surface area contributed by atoms with Gasteiger partial charge in [-0.15, -0.1) is 11.3 Å². The summed E-state index contributed by atoms with van der Waals surface area (Å²) in [6.07, 6.45) is 6.30. The Balaban J connectivity index is 2.18. The monoisotopic (exact) mass is 324 g/mol. The molecule has 0 fully saturated rings. The molecule has 2 aromatic rings. The molecule has 22 heavy (non-hydrogen) atoms. The first-order valence-electron chi connectivity index (χ1n) is 7.54. The van der Waals surface area contributed by atoms with Crippen molar-refractivity contribution < 1.29 is 4.79 Å². The molecule has 0 N–H and O–H groups in total. The van der Waals surface area contributed by atoms with Crippen LogP contribution in [-0.2, 0) is 0 Å². The summed E-state index contributed by atoms with van der Waals surface area (Å²) in [6.45, 7) is 6.94. The first kappa shape index (κ1) is 15.2. The van der Waals surface area contributed by atoms with E-state index in [2.05, 4.69) is 56.1 Å². The van der Waals surface area contributed by atoms with Gasteiger partial charge in [0, 0.05) is 5.92 Å². The van der Waals surface area contributed by atoms with Crippen molar-refractivity contribution in [3.8, 4) is 0 Å². The molecule has 3 rings (SSSR count). The van der Waals surface area contributed by atoms with Gasteiger partial charge >= 0.3 is 0 Å². The first-order chi connectivity index (χ1) is 10.5. The Morgan fingerprint density at radius 3 is 2.45 bits per heavy atom. The van der Waals surface area contributed by atoms with Gasteiger partial charge in [0.05, 0.1) is 13.0 Å².